The van der Waals surface area contributed by atoms with Gasteiger partial charge in [-0.2, -0.15) is 4.80 Å². The lowest BCUT2D eigenvalue weighted by Crippen LogP contribution is -2.52. The summed E-state index contributed by atoms with van der Waals surface area (Å²) >= 11 is 0. The van der Waals surface area contributed by atoms with Gasteiger partial charge in [-0.15, -0.1) is 10.2 Å². The molecule has 4 aliphatic carbocycles. The van der Waals surface area contributed by atoms with Gasteiger partial charge in [0.25, 0.3) is 0 Å². The number of hydrogen-bond donors (Lipinski definition) is 1. The van der Waals surface area contributed by atoms with Crippen LogP contribution in [0.3, 0.4) is 0 Å². The minimum Gasteiger partial charge on any atom is -0.387 e. The normalized spacial score (nSPS) is 44.4. The highest BCUT2D eigenvalue weighted by atomic mass is 16.5. The molecule has 4 saturated carbocycles. The maximum Gasteiger partial charge on any atom is 0.162 e. The molecule has 4 fully saturated rings. The van der Waals surface area contributed by atoms with Gasteiger partial charge in [0.2, 0.25) is 0 Å². The maximum atomic E-state index is 11.1. The summed E-state index contributed by atoms with van der Waals surface area (Å²) in [6, 6.07) is 0. The van der Waals surface area contributed by atoms with Crippen LogP contribution in [0.25, 0.3) is 0 Å². The molecule has 1 aromatic heterocycles. The van der Waals surface area contributed by atoms with E-state index in [2.05, 4.69) is 28.9 Å². The van der Waals surface area contributed by atoms with Crippen LogP contribution in [0.5, 0.6) is 0 Å². The van der Waals surface area contributed by atoms with E-state index >= 15 is 0 Å². The Kier molecular flexibility index (Phi) is 5.74. The van der Waals surface area contributed by atoms with Crippen LogP contribution in [0.15, 0.2) is 18.5 Å². The molecule has 6 heteroatoms. The first-order chi connectivity index (χ1) is 14.9. The van der Waals surface area contributed by atoms with Gasteiger partial charge in [0.15, 0.2) is 6.33 Å². The third-order valence-corrected chi connectivity index (χ3v) is 9.91. The fourth-order valence-corrected chi connectivity index (χ4v) is 8.61. The average molecular weight is 429 g/mol. The van der Waals surface area contributed by atoms with E-state index in [-0.39, 0.29) is 0 Å². The Morgan fingerprint density at radius 3 is 2.74 bits per heavy atom. The van der Waals surface area contributed by atoms with Gasteiger partial charge in [0.05, 0.1) is 18.8 Å². The van der Waals surface area contributed by atoms with E-state index in [9.17, 15) is 5.11 Å². The second kappa shape index (κ2) is 8.26. The quantitative estimate of drug-likeness (QED) is 0.685. The van der Waals surface area contributed by atoms with E-state index in [0.717, 1.165) is 36.5 Å². The highest BCUT2D eigenvalue weighted by Crippen LogP contribution is 2.65. The van der Waals surface area contributed by atoms with E-state index in [1.807, 2.05) is 6.92 Å². The SMILES string of the molecule is C=C(Cn1ncnn1)[C@H]1CC[C@H]2[C@@H]3CC[C@H]4C[C@@](O)(COCC)CC[C@@H]4[C@H]3CC[C@]12C. The van der Waals surface area contributed by atoms with E-state index < -0.39 is 5.60 Å². The first-order valence-electron chi connectivity index (χ1n) is 12.6. The van der Waals surface area contributed by atoms with Crippen LogP contribution in [-0.4, -0.2) is 44.1 Å². The minimum absolute atomic E-state index is 0.371. The number of rotatable bonds is 6. The molecule has 1 N–H and O–H groups in total. The molecule has 31 heavy (non-hydrogen) atoms. The zero-order chi connectivity index (χ0) is 21.6. The molecule has 1 heterocycles. The van der Waals surface area contributed by atoms with Gasteiger partial charge < -0.3 is 9.84 Å². The molecule has 0 bridgehead atoms. The summed E-state index contributed by atoms with van der Waals surface area (Å²) in [4.78, 5) is 1.68. The molecular weight excluding hydrogens is 388 g/mol. The Morgan fingerprint density at radius 1 is 1.13 bits per heavy atom. The number of allylic oxidation sites excluding steroid dienone is 1. The first kappa shape index (κ1) is 21.6. The fraction of sp³-hybridized carbons (Fsp3) is 0.880. The zero-order valence-corrected chi connectivity index (χ0v) is 19.4. The largest absolute Gasteiger partial charge is 0.387 e. The summed E-state index contributed by atoms with van der Waals surface area (Å²) in [5, 5.41) is 23.2. The van der Waals surface area contributed by atoms with E-state index in [1.54, 1.807) is 4.80 Å². The molecule has 0 saturated heterocycles. The topological polar surface area (TPSA) is 73.1 Å². The molecule has 6 nitrogen and oxygen atoms in total. The Balaban J connectivity index is 1.27. The van der Waals surface area contributed by atoms with E-state index in [4.69, 9.17) is 4.74 Å². The van der Waals surface area contributed by atoms with Gasteiger partial charge in [-0.3, -0.25) is 0 Å². The summed E-state index contributed by atoms with van der Waals surface area (Å²) in [6.07, 6.45) is 12.5. The number of nitrogens with zero attached hydrogens (tertiary/aromatic N) is 4. The lowest BCUT2D eigenvalue weighted by atomic mass is 9.48. The summed E-state index contributed by atoms with van der Waals surface area (Å²) in [7, 11) is 0. The van der Waals surface area contributed by atoms with Crippen LogP contribution < -0.4 is 0 Å². The Hall–Kier alpha value is -1.27. The van der Waals surface area contributed by atoms with Gasteiger partial charge >= 0.3 is 0 Å². The Labute approximate surface area is 186 Å². The van der Waals surface area contributed by atoms with E-state index in [1.165, 1.54) is 56.8 Å². The third-order valence-electron chi connectivity index (χ3n) is 9.91. The number of aliphatic hydroxyl groups is 1. The number of aromatic nitrogens is 4. The molecular formula is C25H40N4O2. The van der Waals surface area contributed by atoms with Crippen molar-refractivity contribution in [2.75, 3.05) is 13.2 Å². The number of fused-ring (bicyclic) bond motifs is 5. The smallest absolute Gasteiger partial charge is 0.162 e. The van der Waals surface area contributed by atoms with Crippen molar-refractivity contribution in [1.82, 2.24) is 20.2 Å². The molecule has 0 aliphatic heterocycles. The highest BCUT2D eigenvalue weighted by Gasteiger charge is 2.58. The van der Waals surface area contributed by atoms with Gasteiger partial charge in [-0.25, -0.2) is 0 Å². The molecule has 5 rings (SSSR count). The van der Waals surface area contributed by atoms with Crippen molar-refractivity contribution < 1.29 is 9.84 Å². The van der Waals surface area contributed by atoms with Crippen molar-refractivity contribution in [2.24, 2.45) is 40.9 Å². The van der Waals surface area contributed by atoms with Crippen molar-refractivity contribution in [2.45, 2.75) is 83.8 Å². The summed E-state index contributed by atoms with van der Waals surface area (Å²) in [5.41, 5.74) is 1.07. The van der Waals surface area contributed by atoms with Crippen molar-refractivity contribution in [1.29, 1.82) is 0 Å². The van der Waals surface area contributed by atoms with Crippen molar-refractivity contribution in [3.05, 3.63) is 18.5 Å². The van der Waals surface area contributed by atoms with Gasteiger partial charge in [-0.1, -0.05) is 19.1 Å². The highest BCUT2D eigenvalue weighted by molar-refractivity contribution is 5.15. The predicted octanol–water partition coefficient (Wildman–Crippen LogP) is 4.27. The Bertz CT molecular complexity index is 782. The molecule has 0 unspecified atom stereocenters. The van der Waals surface area contributed by atoms with Crippen LogP contribution in [0.2, 0.25) is 0 Å². The fourth-order valence-electron chi connectivity index (χ4n) is 8.61. The van der Waals surface area contributed by atoms with Crippen molar-refractivity contribution >= 4 is 0 Å². The summed E-state index contributed by atoms with van der Waals surface area (Å²) in [5.74, 6) is 4.62. The molecule has 0 radical (unpaired) electrons. The molecule has 0 spiro atoms. The monoisotopic (exact) mass is 428 g/mol. The van der Waals surface area contributed by atoms with Crippen molar-refractivity contribution in [3.8, 4) is 0 Å². The van der Waals surface area contributed by atoms with Gasteiger partial charge in [-0.05, 0) is 111 Å². The summed E-state index contributed by atoms with van der Waals surface area (Å²) in [6.45, 7) is 11.0. The average Bonchev–Trinajstić information content (AvgIpc) is 3.39. The lowest BCUT2D eigenvalue weighted by Gasteiger charge is -2.57. The molecule has 0 aromatic carbocycles. The first-order valence-corrected chi connectivity index (χ1v) is 12.6. The maximum absolute atomic E-state index is 11.1. The number of tetrazole rings is 1. The predicted molar refractivity (Wildman–Crippen MR) is 119 cm³/mol. The summed E-state index contributed by atoms with van der Waals surface area (Å²) < 4.78 is 5.63. The second-order valence-corrected chi connectivity index (χ2v) is 11.3. The van der Waals surface area contributed by atoms with Crippen LogP contribution >= 0.6 is 0 Å². The molecule has 1 aromatic rings. The molecule has 172 valence electrons. The number of ether oxygens (including phenoxy) is 1. The molecule has 0 amide bonds. The Morgan fingerprint density at radius 2 is 1.97 bits per heavy atom. The zero-order valence-electron chi connectivity index (χ0n) is 19.4. The van der Waals surface area contributed by atoms with Crippen LogP contribution in [0.1, 0.15) is 71.6 Å². The molecule has 8 atom stereocenters. The van der Waals surface area contributed by atoms with Gasteiger partial charge in [0, 0.05) is 6.61 Å². The van der Waals surface area contributed by atoms with E-state index in [0.29, 0.717) is 37.0 Å². The molecule has 4 aliphatic rings. The minimum atomic E-state index is -0.585. The van der Waals surface area contributed by atoms with Crippen LogP contribution in [-0.2, 0) is 11.3 Å². The van der Waals surface area contributed by atoms with Crippen molar-refractivity contribution in [3.63, 3.8) is 0 Å². The second-order valence-electron chi connectivity index (χ2n) is 11.3. The third kappa shape index (κ3) is 3.78. The number of hydrogen-bond acceptors (Lipinski definition) is 5. The van der Waals surface area contributed by atoms with Gasteiger partial charge in [0.1, 0.15) is 0 Å². The van der Waals surface area contributed by atoms with Crippen LogP contribution in [0, 0.1) is 40.9 Å². The standard InChI is InChI=1S/C25H40N4O2/c1-4-31-15-25(30)12-10-19-18(13-25)5-6-21-20(19)9-11-24(3)22(7-8-23(21)24)17(2)14-29-27-16-26-28-29/h16,18-23,30H,2,4-15H2,1,3H3/t18-,19-,20+,21+,22+,23-,24+,25+/m0/s1. The lowest BCUT2D eigenvalue weighted by molar-refractivity contribution is -0.127. The van der Waals surface area contributed by atoms with Crippen LogP contribution in [0.4, 0.5) is 0 Å².